The predicted molar refractivity (Wildman–Crippen MR) is 113 cm³/mol. The van der Waals surface area contributed by atoms with Crippen LogP contribution in [0.1, 0.15) is 18.1 Å². The highest BCUT2D eigenvalue weighted by Gasteiger charge is 2.48. The second-order valence-electron chi connectivity index (χ2n) is 6.94. The van der Waals surface area contributed by atoms with Crippen molar-refractivity contribution in [1.29, 1.82) is 0 Å². The SMILES string of the molecule is CCOC(=O)C1C(C(=O)OC)=C(Nc2ccc(C)cc2)C(=O)N1c1ccc(C)cc1. The number of hydrogen-bond donors (Lipinski definition) is 1. The van der Waals surface area contributed by atoms with Gasteiger partial charge in [0.25, 0.3) is 5.91 Å². The maximum absolute atomic E-state index is 13.4. The largest absolute Gasteiger partial charge is 0.466 e. The number of nitrogens with one attached hydrogen (secondary N) is 1. The van der Waals surface area contributed by atoms with E-state index in [0.717, 1.165) is 11.1 Å². The van der Waals surface area contributed by atoms with Gasteiger partial charge in [-0.25, -0.2) is 9.59 Å². The molecule has 1 N–H and O–H groups in total. The fourth-order valence-electron chi connectivity index (χ4n) is 3.26. The van der Waals surface area contributed by atoms with Crippen molar-refractivity contribution in [2.45, 2.75) is 26.8 Å². The second-order valence-corrected chi connectivity index (χ2v) is 6.94. The summed E-state index contributed by atoms with van der Waals surface area (Å²) in [5.41, 5.74) is 3.04. The number of benzene rings is 2. The first-order valence-electron chi connectivity index (χ1n) is 9.60. The Bertz CT molecular complexity index is 993. The number of carbonyl (C=O) groups is 3. The Kier molecular flexibility index (Phi) is 6.20. The number of hydrogen-bond acceptors (Lipinski definition) is 6. The predicted octanol–water partition coefficient (Wildman–Crippen LogP) is 3.12. The molecule has 7 nitrogen and oxygen atoms in total. The molecule has 1 heterocycles. The molecule has 2 aromatic rings. The zero-order chi connectivity index (χ0) is 21.8. The lowest BCUT2D eigenvalue weighted by molar-refractivity contribution is -0.146. The van der Waals surface area contributed by atoms with Gasteiger partial charge in [0.1, 0.15) is 11.3 Å². The summed E-state index contributed by atoms with van der Waals surface area (Å²) in [5.74, 6) is -1.99. The van der Waals surface area contributed by atoms with Crippen LogP contribution in [0.3, 0.4) is 0 Å². The Morgan fingerprint density at radius 1 is 1.00 bits per heavy atom. The first-order valence-corrected chi connectivity index (χ1v) is 9.60. The van der Waals surface area contributed by atoms with Crippen molar-refractivity contribution >= 4 is 29.2 Å². The lowest BCUT2D eigenvalue weighted by atomic mass is 10.1. The maximum atomic E-state index is 13.4. The van der Waals surface area contributed by atoms with E-state index < -0.39 is 23.9 Å². The van der Waals surface area contributed by atoms with Crippen LogP contribution in [0.15, 0.2) is 59.8 Å². The third-order valence-electron chi connectivity index (χ3n) is 4.78. The fraction of sp³-hybridized carbons (Fsp3) is 0.261. The van der Waals surface area contributed by atoms with Crippen LogP contribution in [0.4, 0.5) is 11.4 Å². The molecule has 2 aromatic carbocycles. The van der Waals surface area contributed by atoms with Gasteiger partial charge in [0, 0.05) is 11.4 Å². The minimum atomic E-state index is -1.25. The Balaban J connectivity index is 2.13. The molecule has 1 atom stereocenters. The summed E-state index contributed by atoms with van der Waals surface area (Å²) in [5, 5.41) is 3.00. The fourth-order valence-corrected chi connectivity index (χ4v) is 3.26. The number of methoxy groups -OCH3 is 1. The van der Waals surface area contributed by atoms with E-state index in [1.807, 2.05) is 38.1 Å². The Morgan fingerprint density at radius 2 is 1.57 bits per heavy atom. The Hall–Kier alpha value is -3.61. The number of rotatable bonds is 6. The molecule has 1 amide bonds. The molecule has 0 saturated carbocycles. The summed E-state index contributed by atoms with van der Waals surface area (Å²) < 4.78 is 10.1. The minimum Gasteiger partial charge on any atom is -0.466 e. The van der Waals surface area contributed by atoms with Crippen molar-refractivity contribution < 1.29 is 23.9 Å². The molecule has 0 aliphatic carbocycles. The highest BCUT2D eigenvalue weighted by Crippen LogP contribution is 2.33. The number of amides is 1. The van der Waals surface area contributed by atoms with Gasteiger partial charge in [-0.3, -0.25) is 9.69 Å². The van der Waals surface area contributed by atoms with Gasteiger partial charge in [0.05, 0.1) is 13.7 Å². The molecular weight excluding hydrogens is 384 g/mol. The summed E-state index contributed by atoms with van der Waals surface area (Å²) >= 11 is 0. The third kappa shape index (κ3) is 4.05. The number of anilines is 2. The molecule has 30 heavy (non-hydrogen) atoms. The highest BCUT2D eigenvalue weighted by atomic mass is 16.5. The van der Waals surface area contributed by atoms with Crippen LogP contribution in [0.5, 0.6) is 0 Å². The number of carbonyl (C=O) groups excluding carboxylic acids is 3. The van der Waals surface area contributed by atoms with E-state index in [0.29, 0.717) is 11.4 Å². The second kappa shape index (κ2) is 8.82. The van der Waals surface area contributed by atoms with Crippen molar-refractivity contribution in [3.63, 3.8) is 0 Å². The minimum absolute atomic E-state index is 0.00988. The van der Waals surface area contributed by atoms with Gasteiger partial charge in [-0.2, -0.15) is 0 Å². The first kappa shape index (κ1) is 21.1. The molecular formula is C23H24N2O5. The average molecular weight is 408 g/mol. The quantitative estimate of drug-likeness (QED) is 0.740. The van der Waals surface area contributed by atoms with Gasteiger partial charge in [-0.05, 0) is 45.0 Å². The number of nitrogens with zero attached hydrogens (tertiary/aromatic N) is 1. The number of esters is 2. The summed E-state index contributed by atoms with van der Waals surface area (Å²) in [7, 11) is 1.21. The molecule has 1 aliphatic rings. The average Bonchev–Trinajstić information content (AvgIpc) is 3.02. The van der Waals surface area contributed by atoms with E-state index >= 15 is 0 Å². The molecule has 0 bridgehead atoms. The molecule has 0 spiro atoms. The van der Waals surface area contributed by atoms with Crippen LogP contribution in [-0.4, -0.2) is 37.6 Å². The molecule has 0 aromatic heterocycles. The van der Waals surface area contributed by atoms with Crippen LogP contribution in [0.2, 0.25) is 0 Å². The monoisotopic (exact) mass is 408 g/mol. The first-order chi connectivity index (χ1) is 14.4. The van der Waals surface area contributed by atoms with Crippen LogP contribution in [0, 0.1) is 13.8 Å². The van der Waals surface area contributed by atoms with E-state index in [1.54, 1.807) is 31.2 Å². The van der Waals surface area contributed by atoms with Crippen LogP contribution in [0.25, 0.3) is 0 Å². The van der Waals surface area contributed by atoms with Gasteiger partial charge in [-0.1, -0.05) is 35.4 Å². The topological polar surface area (TPSA) is 84.9 Å². The van der Waals surface area contributed by atoms with Crippen molar-refractivity contribution in [3.8, 4) is 0 Å². The smallest absolute Gasteiger partial charge is 0.338 e. The lowest BCUT2D eigenvalue weighted by Crippen LogP contribution is -2.43. The molecule has 0 saturated heterocycles. The van der Waals surface area contributed by atoms with E-state index in [2.05, 4.69) is 5.32 Å². The Morgan fingerprint density at radius 3 is 2.10 bits per heavy atom. The number of ether oxygens (including phenoxy) is 2. The normalized spacial score (nSPS) is 15.9. The van der Waals surface area contributed by atoms with E-state index in [1.165, 1.54) is 12.0 Å². The van der Waals surface area contributed by atoms with Gasteiger partial charge < -0.3 is 14.8 Å². The van der Waals surface area contributed by atoms with Gasteiger partial charge in [0.15, 0.2) is 6.04 Å². The molecule has 1 aliphatic heterocycles. The van der Waals surface area contributed by atoms with E-state index in [9.17, 15) is 14.4 Å². The third-order valence-corrected chi connectivity index (χ3v) is 4.78. The molecule has 0 radical (unpaired) electrons. The Labute approximate surface area is 175 Å². The molecule has 156 valence electrons. The maximum Gasteiger partial charge on any atom is 0.338 e. The van der Waals surface area contributed by atoms with Crippen molar-refractivity contribution in [1.82, 2.24) is 0 Å². The standard InChI is InChI=1S/C23H24N2O5/c1-5-30-23(28)20-18(22(27)29-4)19(24-16-10-6-14(2)7-11-16)21(26)25(20)17-12-8-15(3)9-13-17/h6-13,20,24H,5H2,1-4H3. The number of aryl methyl sites for hydroxylation is 2. The van der Waals surface area contributed by atoms with Crippen molar-refractivity contribution in [2.24, 2.45) is 0 Å². The van der Waals surface area contributed by atoms with Crippen LogP contribution in [-0.2, 0) is 23.9 Å². The lowest BCUT2D eigenvalue weighted by Gasteiger charge is -2.24. The van der Waals surface area contributed by atoms with Crippen molar-refractivity contribution in [2.75, 3.05) is 23.9 Å². The summed E-state index contributed by atoms with van der Waals surface area (Å²) in [6.07, 6.45) is 0. The molecule has 1 unspecified atom stereocenters. The summed E-state index contributed by atoms with van der Waals surface area (Å²) in [6.45, 7) is 5.64. The van der Waals surface area contributed by atoms with Crippen LogP contribution >= 0.6 is 0 Å². The van der Waals surface area contributed by atoms with Gasteiger partial charge >= 0.3 is 11.9 Å². The molecule has 3 rings (SSSR count). The van der Waals surface area contributed by atoms with Crippen LogP contribution < -0.4 is 10.2 Å². The highest BCUT2D eigenvalue weighted by molar-refractivity contribution is 6.22. The summed E-state index contributed by atoms with van der Waals surface area (Å²) in [4.78, 5) is 40.2. The van der Waals surface area contributed by atoms with Crippen molar-refractivity contribution in [3.05, 3.63) is 70.9 Å². The molecule has 0 fully saturated rings. The van der Waals surface area contributed by atoms with E-state index in [4.69, 9.17) is 9.47 Å². The molecule has 7 heteroatoms. The van der Waals surface area contributed by atoms with Gasteiger partial charge in [-0.15, -0.1) is 0 Å². The van der Waals surface area contributed by atoms with E-state index in [-0.39, 0.29) is 17.9 Å². The summed E-state index contributed by atoms with van der Waals surface area (Å²) in [6, 6.07) is 13.2. The zero-order valence-corrected chi connectivity index (χ0v) is 17.4. The van der Waals surface area contributed by atoms with Gasteiger partial charge in [0.2, 0.25) is 0 Å². The zero-order valence-electron chi connectivity index (χ0n) is 17.4.